The topological polar surface area (TPSA) is 43.9 Å². The summed E-state index contributed by atoms with van der Waals surface area (Å²) in [4.78, 5) is 33.3. The number of hydrogen-bond acceptors (Lipinski definition) is 4. The van der Waals surface area contributed by atoms with E-state index >= 15 is 0 Å². The second kappa shape index (κ2) is 10.3. The average Bonchev–Trinajstić information content (AvgIpc) is 3.37. The van der Waals surface area contributed by atoms with Crippen LogP contribution in [0, 0.1) is 5.82 Å². The van der Waals surface area contributed by atoms with Crippen LogP contribution < -0.4 is 0 Å². The highest BCUT2D eigenvalue weighted by Crippen LogP contribution is 2.37. The standard InChI is InChI=1S/C28H30FN3O2S/c1-2-20-6-8-21(9-7-20)28(34)31-15-13-30(14-16-31)26(33)19-32-12-10-25-24(11-17-35-25)27(32)22-4-3-5-23(29)18-22/h3-9,11,17-18,27H,2,10,12-16,19H2,1H3/t27-/m0/s1. The Bertz CT molecular complexity index is 1200. The van der Waals surface area contributed by atoms with E-state index in [1.165, 1.54) is 22.1 Å². The van der Waals surface area contributed by atoms with Crippen molar-refractivity contribution in [3.05, 3.63) is 92.9 Å². The summed E-state index contributed by atoms with van der Waals surface area (Å²) in [5.41, 5.74) is 3.95. The normalized spacial score (nSPS) is 18.4. The molecule has 35 heavy (non-hydrogen) atoms. The molecule has 1 atom stereocenters. The largest absolute Gasteiger partial charge is 0.338 e. The molecule has 182 valence electrons. The Kier molecular flexibility index (Phi) is 6.97. The molecule has 0 aliphatic carbocycles. The van der Waals surface area contributed by atoms with Crippen LogP contribution in [-0.4, -0.2) is 65.8 Å². The van der Waals surface area contributed by atoms with Crippen LogP contribution in [0.3, 0.4) is 0 Å². The molecule has 2 aromatic carbocycles. The maximum Gasteiger partial charge on any atom is 0.253 e. The Balaban J connectivity index is 1.24. The van der Waals surface area contributed by atoms with Crippen molar-refractivity contribution in [2.24, 2.45) is 0 Å². The second-order valence-electron chi connectivity index (χ2n) is 9.20. The molecule has 0 N–H and O–H groups in total. The predicted molar refractivity (Wildman–Crippen MR) is 136 cm³/mol. The Morgan fingerprint density at radius 3 is 2.43 bits per heavy atom. The number of piperazine rings is 1. The molecule has 5 rings (SSSR count). The minimum atomic E-state index is -0.263. The molecular formula is C28H30FN3O2S. The van der Waals surface area contributed by atoms with Crippen LogP contribution in [0.2, 0.25) is 0 Å². The molecule has 3 aromatic rings. The summed E-state index contributed by atoms with van der Waals surface area (Å²) < 4.78 is 14.0. The van der Waals surface area contributed by atoms with Gasteiger partial charge in [0.05, 0.1) is 12.6 Å². The highest BCUT2D eigenvalue weighted by Gasteiger charge is 2.33. The van der Waals surface area contributed by atoms with Crippen LogP contribution >= 0.6 is 11.3 Å². The molecule has 2 aliphatic rings. The third-order valence-electron chi connectivity index (χ3n) is 7.10. The molecule has 7 heteroatoms. The van der Waals surface area contributed by atoms with E-state index in [4.69, 9.17) is 0 Å². The first-order chi connectivity index (χ1) is 17.0. The van der Waals surface area contributed by atoms with E-state index in [9.17, 15) is 14.0 Å². The van der Waals surface area contributed by atoms with Crippen LogP contribution in [0.15, 0.2) is 60.0 Å². The molecule has 5 nitrogen and oxygen atoms in total. The van der Waals surface area contributed by atoms with E-state index in [0.29, 0.717) is 31.7 Å². The Morgan fingerprint density at radius 2 is 1.71 bits per heavy atom. The van der Waals surface area contributed by atoms with E-state index in [-0.39, 0.29) is 30.2 Å². The maximum atomic E-state index is 14.0. The monoisotopic (exact) mass is 491 g/mol. The number of benzene rings is 2. The van der Waals surface area contributed by atoms with Gasteiger partial charge in [-0.15, -0.1) is 11.3 Å². The molecule has 0 bridgehead atoms. The van der Waals surface area contributed by atoms with Crippen molar-refractivity contribution in [1.29, 1.82) is 0 Å². The highest BCUT2D eigenvalue weighted by atomic mass is 32.1. The van der Waals surface area contributed by atoms with E-state index in [1.54, 1.807) is 23.5 Å². The summed E-state index contributed by atoms with van der Waals surface area (Å²) in [6.07, 6.45) is 1.84. The number of fused-ring (bicyclic) bond motifs is 1. The van der Waals surface area contributed by atoms with Crippen molar-refractivity contribution in [3.63, 3.8) is 0 Å². The zero-order valence-corrected chi connectivity index (χ0v) is 20.8. The van der Waals surface area contributed by atoms with Crippen molar-refractivity contribution >= 4 is 23.2 Å². The first-order valence-corrected chi connectivity index (χ1v) is 13.1. The van der Waals surface area contributed by atoms with Gasteiger partial charge in [-0.1, -0.05) is 31.2 Å². The molecular weight excluding hydrogens is 461 g/mol. The fourth-order valence-corrected chi connectivity index (χ4v) is 6.01. The van der Waals surface area contributed by atoms with Gasteiger partial charge in [0.15, 0.2) is 0 Å². The molecule has 2 amide bonds. The van der Waals surface area contributed by atoms with E-state index < -0.39 is 0 Å². The number of rotatable bonds is 5. The first-order valence-electron chi connectivity index (χ1n) is 12.2. The van der Waals surface area contributed by atoms with Crippen LogP contribution in [-0.2, 0) is 17.6 Å². The zero-order chi connectivity index (χ0) is 24.4. The van der Waals surface area contributed by atoms with Gasteiger partial charge in [0.25, 0.3) is 5.91 Å². The molecule has 3 heterocycles. The second-order valence-corrected chi connectivity index (χ2v) is 10.2. The number of halogens is 1. The quantitative estimate of drug-likeness (QED) is 0.532. The number of thiophene rings is 1. The number of aryl methyl sites for hydroxylation is 1. The lowest BCUT2D eigenvalue weighted by atomic mass is 9.93. The summed E-state index contributed by atoms with van der Waals surface area (Å²) in [7, 11) is 0. The van der Waals surface area contributed by atoms with Crippen molar-refractivity contribution < 1.29 is 14.0 Å². The van der Waals surface area contributed by atoms with E-state index in [0.717, 1.165) is 24.9 Å². The average molecular weight is 492 g/mol. The predicted octanol–water partition coefficient (Wildman–Crippen LogP) is 4.38. The lowest BCUT2D eigenvalue weighted by molar-refractivity contribution is -0.134. The van der Waals surface area contributed by atoms with Crippen molar-refractivity contribution in [3.8, 4) is 0 Å². The summed E-state index contributed by atoms with van der Waals surface area (Å²) in [6, 6.07) is 16.5. The first kappa shape index (κ1) is 23.7. The van der Waals surface area contributed by atoms with E-state index in [1.807, 2.05) is 40.1 Å². The third-order valence-corrected chi connectivity index (χ3v) is 8.09. The van der Waals surface area contributed by atoms with Crippen LogP contribution in [0.25, 0.3) is 0 Å². The molecule has 1 aromatic heterocycles. The van der Waals surface area contributed by atoms with E-state index in [2.05, 4.69) is 23.3 Å². The Morgan fingerprint density at radius 1 is 0.971 bits per heavy atom. The Hall–Kier alpha value is -3.03. The smallest absolute Gasteiger partial charge is 0.253 e. The van der Waals surface area contributed by atoms with Crippen LogP contribution in [0.4, 0.5) is 4.39 Å². The molecule has 0 spiro atoms. The number of hydrogen-bond donors (Lipinski definition) is 0. The summed E-state index contributed by atoms with van der Waals surface area (Å²) in [6.45, 7) is 5.25. The van der Waals surface area contributed by atoms with Gasteiger partial charge in [0.1, 0.15) is 5.82 Å². The number of amides is 2. The lowest BCUT2D eigenvalue weighted by Gasteiger charge is -2.39. The van der Waals surface area contributed by atoms with Crippen molar-refractivity contribution in [2.45, 2.75) is 25.8 Å². The SMILES string of the molecule is CCc1ccc(C(=O)N2CCN(C(=O)CN3CCc4sccc4[C@@H]3c3cccc(F)c3)CC2)cc1. The van der Waals surface area contributed by atoms with Gasteiger partial charge >= 0.3 is 0 Å². The summed E-state index contributed by atoms with van der Waals surface area (Å²) in [5.74, 6) is -0.183. The molecule has 0 radical (unpaired) electrons. The molecule has 2 aliphatic heterocycles. The highest BCUT2D eigenvalue weighted by molar-refractivity contribution is 7.10. The fourth-order valence-electron chi connectivity index (χ4n) is 5.10. The summed E-state index contributed by atoms with van der Waals surface area (Å²) in [5, 5.41) is 2.08. The molecule has 0 saturated carbocycles. The van der Waals surface area contributed by atoms with Crippen molar-refractivity contribution in [1.82, 2.24) is 14.7 Å². The van der Waals surface area contributed by atoms with Gasteiger partial charge in [-0.05, 0) is 65.2 Å². The van der Waals surface area contributed by atoms with Crippen LogP contribution in [0.5, 0.6) is 0 Å². The van der Waals surface area contributed by atoms with Crippen molar-refractivity contribution in [2.75, 3.05) is 39.3 Å². The van der Waals surface area contributed by atoms with Gasteiger partial charge < -0.3 is 9.80 Å². The number of carbonyl (C=O) groups is 2. The van der Waals surface area contributed by atoms with Gasteiger partial charge in [0, 0.05) is 43.2 Å². The van der Waals surface area contributed by atoms with Gasteiger partial charge in [-0.3, -0.25) is 14.5 Å². The number of carbonyl (C=O) groups excluding carboxylic acids is 2. The van der Waals surface area contributed by atoms with Gasteiger partial charge in [0.2, 0.25) is 5.91 Å². The molecule has 0 unspecified atom stereocenters. The zero-order valence-electron chi connectivity index (χ0n) is 20.0. The van der Waals surface area contributed by atoms with Gasteiger partial charge in [-0.25, -0.2) is 4.39 Å². The van der Waals surface area contributed by atoms with Gasteiger partial charge in [-0.2, -0.15) is 0 Å². The Labute approximate surface area is 209 Å². The lowest BCUT2D eigenvalue weighted by Crippen LogP contribution is -2.53. The summed E-state index contributed by atoms with van der Waals surface area (Å²) >= 11 is 1.73. The maximum absolute atomic E-state index is 14.0. The third kappa shape index (κ3) is 5.02. The minimum absolute atomic E-state index is 0.0203. The fraction of sp³-hybridized carbons (Fsp3) is 0.357. The molecule has 1 saturated heterocycles. The van der Waals surface area contributed by atoms with Crippen LogP contribution in [0.1, 0.15) is 44.9 Å². The molecule has 1 fully saturated rings. The minimum Gasteiger partial charge on any atom is -0.338 e. The number of nitrogens with zero attached hydrogens (tertiary/aromatic N) is 3.